The van der Waals surface area contributed by atoms with Crippen molar-refractivity contribution >= 4 is 17.5 Å². The second kappa shape index (κ2) is 10.4. The lowest BCUT2D eigenvalue weighted by Crippen LogP contribution is -2.35. The number of carbonyl (C=O) groups excluding carboxylic acids is 2. The number of rotatable bonds is 9. The molecule has 174 valence electrons. The Morgan fingerprint density at radius 2 is 1.91 bits per heavy atom. The van der Waals surface area contributed by atoms with Gasteiger partial charge in [0.15, 0.2) is 12.4 Å². The number of benzene rings is 1. The summed E-state index contributed by atoms with van der Waals surface area (Å²) in [5, 5.41) is 9.60. The summed E-state index contributed by atoms with van der Waals surface area (Å²) >= 11 is 0. The molecule has 34 heavy (non-hydrogen) atoms. The number of hydrogen-bond donors (Lipinski definition) is 2. The second-order valence-electron chi connectivity index (χ2n) is 7.73. The first-order valence-electron chi connectivity index (χ1n) is 10.6. The number of pyridine rings is 1. The molecule has 0 fully saturated rings. The minimum absolute atomic E-state index is 0.00479. The van der Waals surface area contributed by atoms with E-state index in [-0.39, 0.29) is 30.1 Å². The summed E-state index contributed by atoms with van der Waals surface area (Å²) in [6.45, 7) is 3.64. The van der Waals surface area contributed by atoms with E-state index >= 15 is 0 Å². The Hall–Kier alpha value is -4.47. The van der Waals surface area contributed by atoms with Crippen molar-refractivity contribution in [2.45, 2.75) is 19.9 Å². The molecule has 0 saturated carbocycles. The molecule has 0 spiro atoms. The first kappa shape index (κ1) is 22.7. The zero-order chi connectivity index (χ0) is 23.9. The van der Waals surface area contributed by atoms with Gasteiger partial charge < -0.3 is 24.3 Å². The van der Waals surface area contributed by atoms with Crippen LogP contribution >= 0.6 is 0 Å². The Morgan fingerprint density at radius 3 is 2.65 bits per heavy atom. The van der Waals surface area contributed by atoms with E-state index in [1.54, 1.807) is 60.9 Å². The van der Waals surface area contributed by atoms with E-state index in [2.05, 4.69) is 25.8 Å². The Kier molecular flexibility index (Phi) is 6.97. The molecule has 10 nitrogen and oxygen atoms in total. The van der Waals surface area contributed by atoms with Crippen LogP contribution in [0.1, 0.15) is 36.3 Å². The fraction of sp³-hybridized carbons (Fsp3) is 0.208. The molecule has 0 radical (unpaired) electrons. The number of nitrogens with zero attached hydrogens (tertiary/aromatic N) is 3. The van der Waals surface area contributed by atoms with Gasteiger partial charge in [0.2, 0.25) is 11.7 Å². The number of carbonyl (C=O) groups is 2. The highest BCUT2D eigenvalue weighted by Gasteiger charge is 2.25. The third kappa shape index (κ3) is 5.66. The van der Waals surface area contributed by atoms with Gasteiger partial charge >= 0.3 is 0 Å². The summed E-state index contributed by atoms with van der Waals surface area (Å²) in [5.74, 6) is 0.595. The molecule has 0 bridgehead atoms. The van der Waals surface area contributed by atoms with Crippen molar-refractivity contribution in [3.8, 4) is 17.1 Å². The molecule has 1 aromatic carbocycles. The zero-order valence-electron chi connectivity index (χ0n) is 18.6. The number of amides is 2. The van der Waals surface area contributed by atoms with E-state index in [0.29, 0.717) is 23.2 Å². The average Bonchev–Trinajstić information content (AvgIpc) is 3.55. The summed E-state index contributed by atoms with van der Waals surface area (Å²) < 4.78 is 16.1. The molecule has 4 aromatic rings. The minimum atomic E-state index is -0.488. The fourth-order valence-electron chi connectivity index (χ4n) is 3.12. The zero-order valence-corrected chi connectivity index (χ0v) is 18.6. The topological polar surface area (TPSA) is 132 Å². The second-order valence-corrected chi connectivity index (χ2v) is 7.73. The van der Waals surface area contributed by atoms with Crippen LogP contribution in [0.4, 0.5) is 5.69 Å². The Bertz CT molecular complexity index is 1240. The van der Waals surface area contributed by atoms with Gasteiger partial charge in [-0.05, 0) is 42.3 Å². The molecule has 4 rings (SSSR count). The van der Waals surface area contributed by atoms with Crippen LogP contribution in [0.5, 0.6) is 5.75 Å². The molecular weight excluding hydrogens is 438 g/mol. The quantitative estimate of drug-likeness (QED) is 0.384. The predicted octanol–water partition coefficient (Wildman–Crippen LogP) is 3.87. The van der Waals surface area contributed by atoms with Crippen LogP contribution in [0, 0.1) is 5.92 Å². The van der Waals surface area contributed by atoms with Crippen molar-refractivity contribution in [3.05, 3.63) is 78.8 Å². The summed E-state index contributed by atoms with van der Waals surface area (Å²) in [5.41, 5.74) is 1.27. The number of aromatic nitrogens is 3. The van der Waals surface area contributed by atoms with Gasteiger partial charge in [-0.2, -0.15) is 4.98 Å². The van der Waals surface area contributed by atoms with E-state index in [1.807, 2.05) is 13.8 Å². The van der Waals surface area contributed by atoms with Crippen LogP contribution in [-0.2, 0) is 4.79 Å². The van der Waals surface area contributed by atoms with E-state index in [1.165, 1.54) is 6.26 Å². The maximum Gasteiger partial charge on any atom is 0.291 e. The molecule has 1 unspecified atom stereocenters. The van der Waals surface area contributed by atoms with E-state index in [9.17, 15) is 9.59 Å². The monoisotopic (exact) mass is 461 g/mol. The minimum Gasteiger partial charge on any atom is -0.484 e. The highest BCUT2D eigenvalue weighted by molar-refractivity contribution is 6.02. The van der Waals surface area contributed by atoms with Gasteiger partial charge in [0.1, 0.15) is 11.8 Å². The lowest BCUT2D eigenvalue weighted by atomic mass is 10.0. The van der Waals surface area contributed by atoms with Crippen LogP contribution in [0.2, 0.25) is 0 Å². The summed E-state index contributed by atoms with van der Waals surface area (Å²) in [7, 11) is 0. The number of nitrogens with one attached hydrogen (secondary N) is 2. The standard InChI is InChI=1S/C24H23N5O5/c1-15(2)21(24-28-22(29-34-24)16-8-10-25-11-9-16)27-20(30)14-33-18-6-3-5-17(13-18)26-23(31)19-7-4-12-32-19/h3-13,15,21H,14H2,1-2H3,(H,26,31)(H,27,30). The van der Waals surface area contributed by atoms with Gasteiger partial charge in [-0.15, -0.1) is 0 Å². The number of furan rings is 1. The van der Waals surface area contributed by atoms with Crippen molar-refractivity contribution in [1.29, 1.82) is 0 Å². The predicted molar refractivity (Wildman–Crippen MR) is 122 cm³/mol. The maximum absolute atomic E-state index is 12.6. The van der Waals surface area contributed by atoms with Crippen LogP contribution in [0.15, 0.2) is 76.1 Å². The van der Waals surface area contributed by atoms with Crippen LogP contribution in [0.25, 0.3) is 11.4 Å². The number of ether oxygens (including phenoxy) is 1. The van der Waals surface area contributed by atoms with Crippen LogP contribution in [0.3, 0.4) is 0 Å². The Morgan fingerprint density at radius 1 is 1.09 bits per heavy atom. The molecule has 0 aliphatic carbocycles. The lowest BCUT2D eigenvalue weighted by molar-refractivity contribution is -0.124. The van der Waals surface area contributed by atoms with E-state index in [0.717, 1.165) is 5.56 Å². The Labute approximate surface area is 195 Å². The summed E-state index contributed by atoms with van der Waals surface area (Å²) in [6.07, 6.45) is 4.70. The van der Waals surface area contributed by atoms with Crippen molar-refractivity contribution in [2.75, 3.05) is 11.9 Å². The fourth-order valence-corrected chi connectivity index (χ4v) is 3.12. The molecule has 0 aliphatic heterocycles. The third-order valence-corrected chi connectivity index (χ3v) is 4.84. The molecule has 1 atom stereocenters. The molecule has 2 N–H and O–H groups in total. The molecule has 3 heterocycles. The smallest absolute Gasteiger partial charge is 0.291 e. The first-order chi connectivity index (χ1) is 16.5. The molecule has 0 aliphatic rings. The van der Waals surface area contributed by atoms with Crippen molar-refractivity contribution in [3.63, 3.8) is 0 Å². The van der Waals surface area contributed by atoms with Crippen molar-refractivity contribution < 1.29 is 23.3 Å². The largest absolute Gasteiger partial charge is 0.484 e. The van der Waals surface area contributed by atoms with Gasteiger partial charge in [0.05, 0.1) is 6.26 Å². The van der Waals surface area contributed by atoms with E-state index in [4.69, 9.17) is 13.7 Å². The van der Waals surface area contributed by atoms with Crippen molar-refractivity contribution in [1.82, 2.24) is 20.4 Å². The maximum atomic E-state index is 12.6. The Balaban J connectivity index is 1.35. The number of anilines is 1. The first-order valence-corrected chi connectivity index (χ1v) is 10.6. The van der Waals surface area contributed by atoms with Gasteiger partial charge in [0, 0.05) is 29.7 Å². The molecular formula is C24H23N5O5. The summed E-state index contributed by atoms with van der Waals surface area (Å²) in [4.78, 5) is 33.1. The van der Waals surface area contributed by atoms with Gasteiger partial charge in [-0.3, -0.25) is 14.6 Å². The molecule has 3 aromatic heterocycles. The van der Waals surface area contributed by atoms with Gasteiger partial charge in [-0.1, -0.05) is 25.1 Å². The van der Waals surface area contributed by atoms with E-state index < -0.39 is 6.04 Å². The van der Waals surface area contributed by atoms with Gasteiger partial charge in [0.25, 0.3) is 11.8 Å². The third-order valence-electron chi connectivity index (χ3n) is 4.84. The lowest BCUT2D eigenvalue weighted by Gasteiger charge is -2.18. The highest BCUT2D eigenvalue weighted by atomic mass is 16.5. The van der Waals surface area contributed by atoms with Crippen molar-refractivity contribution in [2.24, 2.45) is 5.92 Å². The molecule has 10 heteroatoms. The average molecular weight is 461 g/mol. The van der Waals surface area contributed by atoms with Crippen LogP contribution < -0.4 is 15.4 Å². The highest BCUT2D eigenvalue weighted by Crippen LogP contribution is 2.23. The molecule has 0 saturated heterocycles. The normalized spacial score (nSPS) is 11.7. The summed E-state index contributed by atoms with van der Waals surface area (Å²) in [6, 6.07) is 13.0. The van der Waals surface area contributed by atoms with Crippen LogP contribution in [-0.4, -0.2) is 33.5 Å². The van der Waals surface area contributed by atoms with Gasteiger partial charge in [-0.25, -0.2) is 0 Å². The molecule has 2 amide bonds. The SMILES string of the molecule is CC(C)C(NC(=O)COc1cccc(NC(=O)c2ccco2)c1)c1nc(-c2ccncc2)no1. The number of hydrogen-bond acceptors (Lipinski definition) is 8.